The molecule has 320 valence electrons. The second-order valence-electron chi connectivity index (χ2n) is 14.2. The van der Waals surface area contributed by atoms with Crippen molar-refractivity contribution in [3.63, 3.8) is 0 Å². The SMILES string of the molecule is COc1ccc(N=Nc2ccc(OCCCCCCOc3ccc(N=Nc4ccc(OCCCCCCOc5ccc(N=Nc6ccc(OC)cc6)cc5)cc4)cc3)cc2)cc1. The van der Waals surface area contributed by atoms with E-state index in [9.17, 15) is 0 Å². The fourth-order valence-corrected chi connectivity index (χ4v) is 5.96. The Bertz CT molecular complexity index is 2090. The third kappa shape index (κ3) is 16.2. The zero-order valence-corrected chi connectivity index (χ0v) is 35.5. The summed E-state index contributed by atoms with van der Waals surface area (Å²) in [6.07, 6.45) is 8.20. The Morgan fingerprint density at radius 1 is 0.242 bits per heavy atom. The Kier molecular flexibility index (Phi) is 18.3. The molecule has 0 spiro atoms. The minimum Gasteiger partial charge on any atom is -0.497 e. The summed E-state index contributed by atoms with van der Waals surface area (Å²) in [5.41, 5.74) is 4.59. The predicted molar refractivity (Wildman–Crippen MR) is 243 cm³/mol. The lowest BCUT2D eigenvalue weighted by molar-refractivity contribution is 0.287. The first-order valence-electron chi connectivity index (χ1n) is 21.1. The Hall–Kier alpha value is -7.08. The van der Waals surface area contributed by atoms with Gasteiger partial charge >= 0.3 is 0 Å². The fraction of sp³-hybridized carbons (Fsp3) is 0.280. The van der Waals surface area contributed by atoms with Gasteiger partial charge in [0.1, 0.15) is 34.5 Å². The van der Waals surface area contributed by atoms with E-state index >= 15 is 0 Å². The van der Waals surface area contributed by atoms with Gasteiger partial charge in [0.25, 0.3) is 0 Å². The molecule has 0 unspecified atom stereocenters. The number of benzene rings is 6. The molecule has 6 rings (SSSR count). The number of ether oxygens (including phenoxy) is 6. The maximum atomic E-state index is 5.94. The molecular formula is C50H54N6O6. The summed E-state index contributed by atoms with van der Waals surface area (Å²) >= 11 is 0. The van der Waals surface area contributed by atoms with Gasteiger partial charge in [-0.25, -0.2) is 0 Å². The second-order valence-corrected chi connectivity index (χ2v) is 14.2. The molecular weight excluding hydrogens is 781 g/mol. The maximum absolute atomic E-state index is 5.94. The molecule has 0 saturated carbocycles. The first kappa shape index (κ1) is 44.5. The van der Waals surface area contributed by atoms with Crippen molar-refractivity contribution in [3.05, 3.63) is 146 Å². The van der Waals surface area contributed by atoms with Crippen molar-refractivity contribution in [1.29, 1.82) is 0 Å². The molecule has 0 radical (unpaired) electrons. The van der Waals surface area contributed by atoms with Crippen LogP contribution in [0.2, 0.25) is 0 Å². The van der Waals surface area contributed by atoms with Crippen LogP contribution in [0.4, 0.5) is 34.1 Å². The molecule has 0 fully saturated rings. The van der Waals surface area contributed by atoms with E-state index < -0.39 is 0 Å². The van der Waals surface area contributed by atoms with Crippen LogP contribution in [0.3, 0.4) is 0 Å². The number of azo groups is 3. The summed E-state index contributed by atoms with van der Waals surface area (Å²) in [4.78, 5) is 0. The molecule has 0 aliphatic heterocycles. The van der Waals surface area contributed by atoms with Crippen LogP contribution in [0.1, 0.15) is 51.4 Å². The molecule has 6 aromatic rings. The number of hydrogen-bond donors (Lipinski definition) is 0. The highest BCUT2D eigenvalue weighted by Gasteiger charge is 2.02. The molecule has 12 heteroatoms. The Labute approximate surface area is 364 Å². The lowest BCUT2D eigenvalue weighted by Crippen LogP contribution is -1.99. The average Bonchev–Trinajstić information content (AvgIpc) is 3.33. The second kappa shape index (κ2) is 25.5. The van der Waals surface area contributed by atoms with Crippen LogP contribution in [0.15, 0.2) is 176 Å². The van der Waals surface area contributed by atoms with Crippen LogP contribution in [0, 0.1) is 0 Å². The molecule has 0 aliphatic rings. The summed E-state index contributed by atoms with van der Waals surface area (Å²) < 4.78 is 34.0. The van der Waals surface area contributed by atoms with E-state index in [0.717, 1.165) is 120 Å². The topological polar surface area (TPSA) is 130 Å². The van der Waals surface area contributed by atoms with Gasteiger partial charge in [0.05, 0.1) is 74.8 Å². The fourth-order valence-electron chi connectivity index (χ4n) is 5.96. The number of nitrogens with zero attached hydrogens (tertiary/aromatic N) is 6. The van der Waals surface area contributed by atoms with E-state index in [-0.39, 0.29) is 0 Å². The quantitative estimate of drug-likeness (QED) is 0.0395. The highest BCUT2D eigenvalue weighted by molar-refractivity contribution is 5.47. The third-order valence-electron chi connectivity index (χ3n) is 9.49. The van der Waals surface area contributed by atoms with Crippen LogP contribution >= 0.6 is 0 Å². The van der Waals surface area contributed by atoms with Crippen LogP contribution in [-0.2, 0) is 0 Å². The number of unbranched alkanes of at least 4 members (excludes halogenated alkanes) is 6. The van der Waals surface area contributed by atoms with Crippen molar-refractivity contribution in [2.75, 3.05) is 40.6 Å². The van der Waals surface area contributed by atoms with Gasteiger partial charge in [-0.05, 0) is 197 Å². The molecule has 12 nitrogen and oxygen atoms in total. The Morgan fingerprint density at radius 3 is 0.597 bits per heavy atom. The molecule has 6 aromatic carbocycles. The van der Waals surface area contributed by atoms with Crippen molar-refractivity contribution in [2.45, 2.75) is 51.4 Å². The molecule has 0 bridgehead atoms. The molecule has 0 amide bonds. The number of rotatable bonds is 26. The predicted octanol–water partition coefficient (Wildman–Crippen LogP) is 15.0. The molecule has 0 atom stereocenters. The van der Waals surface area contributed by atoms with Crippen molar-refractivity contribution < 1.29 is 28.4 Å². The van der Waals surface area contributed by atoms with E-state index in [1.54, 1.807) is 14.2 Å². The molecule has 0 heterocycles. The first-order valence-corrected chi connectivity index (χ1v) is 21.1. The highest BCUT2D eigenvalue weighted by Crippen LogP contribution is 2.26. The summed E-state index contributed by atoms with van der Waals surface area (Å²) in [6, 6.07) is 45.5. The van der Waals surface area contributed by atoms with E-state index in [0.29, 0.717) is 26.4 Å². The van der Waals surface area contributed by atoms with Crippen LogP contribution in [0.25, 0.3) is 0 Å². The van der Waals surface area contributed by atoms with Crippen molar-refractivity contribution >= 4 is 34.1 Å². The monoisotopic (exact) mass is 834 g/mol. The number of methoxy groups -OCH3 is 2. The van der Waals surface area contributed by atoms with E-state index in [4.69, 9.17) is 28.4 Å². The molecule has 62 heavy (non-hydrogen) atoms. The zero-order valence-electron chi connectivity index (χ0n) is 35.5. The van der Waals surface area contributed by atoms with Gasteiger partial charge in [0.15, 0.2) is 0 Å². The molecule has 0 aromatic heterocycles. The van der Waals surface area contributed by atoms with Gasteiger partial charge in [-0.15, -0.1) is 0 Å². The largest absolute Gasteiger partial charge is 0.497 e. The van der Waals surface area contributed by atoms with E-state index in [1.165, 1.54) is 0 Å². The average molecular weight is 835 g/mol. The third-order valence-corrected chi connectivity index (χ3v) is 9.49. The Morgan fingerprint density at radius 2 is 0.419 bits per heavy atom. The minimum atomic E-state index is 0.664. The minimum absolute atomic E-state index is 0.664. The van der Waals surface area contributed by atoms with E-state index in [2.05, 4.69) is 30.7 Å². The molecule has 0 aliphatic carbocycles. The van der Waals surface area contributed by atoms with Crippen LogP contribution < -0.4 is 28.4 Å². The highest BCUT2D eigenvalue weighted by atomic mass is 16.5. The molecule has 0 N–H and O–H groups in total. The molecule has 0 saturated heterocycles. The normalized spacial score (nSPS) is 11.3. The summed E-state index contributed by atoms with van der Waals surface area (Å²) in [6.45, 7) is 2.66. The van der Waals surface area contributed by atoms with Gasteiger partial charge in [-0.1, -0.05) is 0 Å². The van der Waals surface area contributed by atoms with E-state index in [1.807, 2.05) is 146 Å². The maximum Gasteiger partial charge on any atom is 0.119 e. The lowest BCUT2D eigenvalue weighted by Gasteiger charge is -2.08. The van der Waals surface area contributed by atoms with Gasteiger partial charge in [-0.2, -0.15) is 30.7 Å². The van der Waals surface area contributed by atoms with Gasteiger partial charge in [0.2, 0.25) is 0 Å². The van der Waals surface area contributed by atoms with Crippen molar-refractivity contribution in [2.24, 2.45) is 30.7 Å². The zero-order chi connectivity index (χ0) is 42.9. The lowest BCUT2D eigenvalue weighted by atomic mass is 10.2. The summed E-state index contributed by atoms with van der Waals surface area (Å²) in [5.74, 6) is 4.87. The van der Waals surface area contributed by atoms with Gasteiger partial charge < -0.3 is 28.4 Å². The van der Waals surface area contributed by atoms with Gasteiger partial charge in [-0.3, -0.25) is 0 Å². The van der Waals surface area contributed by atoms with Crippen molar-refractivity contribution in [3.8, 4) is 34.5 Å². The van der Waals surface area contributed by atoms with Crippen LogP contribution in [-0.4, -0.2) is 40.6 Å². The number of hydrogen-bond acceptors (Lipinski definition) is 12. The van der Waals surface area contributed by atoms with Crippen LogP contribution in [0.5, 0.6) is 34.5 Å². The van der Waals surface area contributed by atoms with Crippen molar-refractivity contribution in [1.82, 2.24) is 0 Å². The summed E-state index contributed by atoms with van der Waals surface area (Å²) in [7, 11) is 3.28. The first-order chi connectivity index (χ1) is 30.6. The van der Waals surface area contributed by atoms with Gasteiger partial charge in [0, 0.05) is 0 Å². The smallest absolute Gasteiger partial charge is 0.119 e. The summed E-state index contributed by atoms with van der Waals surface area (Å²) in [5, 5.41) is 25.9. The Balaban J connectivity index is 0.754. The standard InChI is InChI=1S/C50H54N6O6/c1-57-45-23-11-39(12-24-45)51-53-41-15-27-47(28-16-41)59-35-7-3-5-9-37-61-49-31-19-43(20-32-49)55-56-44-21-33-50(34-22-44)62-38-10-6-4-8-36-60-48-29-17-42(18-30-48)54-52-40-13-25-46(58-2)26-14-40/h11-34H,3-10,35-38H2,1-2H3.